The molecule has 0 radical (unpaired) electrons. The number of hydrogen-bond donors (Lipinski definition) is 1. The van der Waals surface area contributed by atoms with Gasteiger partial charge in [-0.2, -0.15) is 0 Å². The summed E-state index contributed by atoms with van der Waals surface area (Å²) in [7, 11) is 4.32. The second kappa shape index (κ2) is 5.71. The van der Waals surface area contributed by atoms with Gasteiger partial charge in [-0.15, -0.1) is 0 Å². The van der Waals surface area contributed by atoms with E-state index in [-0.39, 0.29) is 11.6 Å². The van der Waals surface area contributed by atoms with E-state index in [1.807, 2.05) is 0 Å². The zero-order chi connectivity index (χ0) is 12.3. The molecule has 0 aromatic carbocycles. The molecule has 0 aromatic heterocycles. The lowest BCUT2D eigenvalue weighted by Gasteiger charge is -2.45. The highest BCUT2D eigenvalue weighted by Gasteiger charge is 2.41. The summed E-state index contributed by atoms with van der Waals surface area (Å²) in [4.78, 5) is 2.32. The Kier molecular flexibility index (Phi) is 4.48. The number of aliphatic hydroxyl groups is 1. The van der Waals surface area contributed by atoms with Crippen LogP contribution in [0.4, 0.5) is 0 Å². The number of nitrogens with zero attached hydrogens (tertiary/aromatic N) is 1. The van der Waals surface area contributed by atoms with E-state index in [1.54, 1.807) is 0 Å². The van der Waals surface area contributed by atoms with Crippen molar-refractivity contribution in [1.29, 1.82) is 0 Å². The molecule has 1 atom stereocenters. The fourth-order valence-electron chi connectivity index (χ4n) is 3.68. The molecule has 0 saturated heterocycles. The van der Waals surface area contributed by atoms with Crippen LogP contribution in [0, 0.1) is 5.92 Å². The molecule has 1 unspecified atom stereocenters. The van der Waals surface area contributed by atoms with Gasteiger partial charge in [0.05, 0.1) is 6.10 Å². The Morgan fingerprint density at radius 3 is 2.06 bits per heavy atom. The molecule has 0 bridgehead atoms. The summed E-state index contributed by atoms with van der Waals surface area (Å²) in [6.45, 7) is 0. The lowest BCUT2D eigenvalue weighted by Crippen LogP contribution is -2.54. The van der Waals surface area contributed by atoms with Crippen LogP contribution in [0.2, 0.25) is 0 Å². The minimum atomic E-state index is -0.110. The molecule has 2 nitrogen and oxygen atoms in total. The van der Waals surface area contributed by atoms with Crippen LogP contribution in [0.15, 0.2) is 0 Å². The highest BCUT2D eigenvalue weighted by molar-refractivity contribution is 4.97. The summed E-state index contributed by atoms with van der Waals surface area (Å²) in [6.07, 6.45) is 12.7. The van der Waals surface area contributed by atoms with E-state index in [0.717, 1.165) is 12.3 Å². The molecule has 0 aliphatic heterocycles. The van der Waals surface area contributed by atoms with E-state index in [4.69, 9.17) is 0 Å². The third-order valence-electron chi connectivity index (χ3n) is 5.26. The highest BCUT2D eigenvalue weighted by atomic mass is 16.3. The maximum absolute atomic E-state index is 10.7. The zero-order valence-electron chi connectivity index (χ0n) is 11.6. The first kappa shape index (κ1) is 13.4. The van der Waals surface area contributed by atoms with Crippen LogP contribution >= 0.6 is 0 Å². The largest absolute Gasteiger partial charge is 0.391 e. The summed E-state index contributed by atoms with van der Waals surface area (Å²) in [6, 6.07) is 0. The second-order valence-electron chi connectivity index (χ2n) is 6.46. The van der Waals surface area contributed by atoms with Crippen LogP contribution in [0.1, 0.15) is 64.2 Å². The predicted octanol–water partition coefficient (Wildman–Crippen LogP) is 3.19. The monoisotopic (exact) mass is 239 g/mol. The van der Waals surface area contributed by atoms with E-state index in [0.29, 0.717) is 0 Å². The minimum Gasteiger partial charge on any atom is -0.391 e. The molecule has 17 heavy (non-hydrogen) atoms. The molecule has 2 saturated carbocycles. The average Bonchev–Trinajstić information content (AvgIpc) is 2.49. The van der Waals surface area contributed by atoms with E-state index >= 15 is 0 Å². The number of rotatable bonds is 4. The minimum absolute atomic E-state index is 0.0755. The molecule has 2 aliphatic carbocycles. The van der Waals surface area contributed by atoms with Gasteiger partial charge in [-0.1, -0.05) is 44.9 Å². The van der Waals surface area contributed by atoms with Gasteiger partial charge < -0.3 is 10.0 Å². The van der Waals surface area contributed by atoms with Gasteiger partial charge in [0.15, 0.2) is 0 Å². The Morgan fingerprint density at radius 2 is 1.65 bits per heavy atom. The second-order valence-corrected chi connectivity index (χ2v) is 6.46. The molecule has 0 heterocycles. The van der Waals surface area contributed by atoms with Gasteiger partial charge in [0.1, 0.15) is 0 Å². The molecule has 0 amide bonds. The van der Waals surface area contributed by atoms with Crippen molar-refractivity contribution in [2.24, 2.45) is 5.92 Å². The Balaban J connectivity index is 2.02. The normalized spacial score (nSPS) is 27.5. The molecule has 2 heteroatoms. The summed E-state index contributed by atoms with van der Waals surface area (Å²) in [5, 5.41) is 10.7. The molecule has 2 aliphatic rings. The molecule has 100 valence electrons. The van der Waals surface area contributed by atoms with Crippen molar-refractivity contribution >= 4 is 0 Å². The van der Waals surface area contributed by atoms with Crippen molar-refractivity contribution < 1.29 is 5.11 Å². The highest BCUT2D eigenvalue weighted by Crippen LogP contribution is 2.39. The first-order valence-electron chi connectivity index (χ1n) is 7.51. The van der Waals surface area contributed by atoms with Gasteiger partial charge in [-0.05, 0) is 39.3 Å². The number of hydrogen-bond acceptors (Lipinski definition) is 2. The molecular formula is C15H29NO. The van der Waals surface area contributed by atoms with Crippen molar-refractivity contribution in [3.63, 3.8) is 0 Å². The Hall–Kier alpha value is -0.0800. The Morgan fingerprint density at radius 1 is 1.06 bits per heavy atom. The zero-order valence-corrected chi connectivity index (χ0v) is 11.6. The van der Waals surface area contributed by atoms with Gasteiger partial charge in [0, 0.05) is 5.54 Å². The molecular weight excluding hydrogens is 210 g/mol. The lowest BCUT2D eigenvalue weighted by atomic mass is 9.74. The Labute approximate surface area is 106 Å². The maximum Gasteiger partial charge on any atom is 0.0726 e. The fraction of sp³-hybridized carbons (Fsp3) is 1.00. The molecule has 1 N–H and O–H groups in total. The van der Waals surface area contributed by atoms with E-state index < -0.39 is 0 Å². The molecule has 0 aromatic rings. The van der Waals surface area contributed by atoms with Crippen LogP contribution in [0.25, 0.3) is 0 Å². The fourth-order valence-corrected chi connectivity index (χ4v) is 3.68. The average molecular weight is 239 g/mol. The topological polar surface area (TPSA) is 23.5 Å². The summed E-state index contributed by atoms with van der Waals surface area (Å²) < 4.78 is 0. The van der Waals surface area contributed by atoms with Crippen molar-refractivity contribution in [1.82, 2.24) is 4.90 Å². The van der Waals surface area contributed by atoms with Crippen LogP contribution in [-0.4, -0.2) is 35.7 Å². The first-order chi connectivity index (χ1) is 8.15. The van der Waals surface area contributed by atoms with Crippen molar-refractivity contribution in [3.05, 3.63) is 0 Å². The summed E-state index contributed by atoms with van der Waals surface area (Å²) in [5.74, 6) is 0.810. The van der Waals surface area contributed by atoms with Crippen molar-refractivity contribution in [3.8, 4) is 0 Å². The van der Waals surface area contributed by atoms with Crippen molar-refractivity contribution in [2.75, 3.05) is 14.1 Å². The molecule has 2 rings (SSSR count). The van der Waals surface area contributed by atoms with E-state index in [2.05, 4.69) is 19.0 Å². The van der Waals surface area contributed by atoms with Gasteiger partial charge >= 0.3 is 0 Å². The molecule has 2 fully saturated rings. The van der Waals surface area contributed by atoms with Crippen LogP contribution in [-0.2, 0) is 0 Å². The summed E-state index contributed by atoms with van der Waals surface area (Å²) in [5.41, 5.74) is 0.0755. The van der Waals surface area contributed by atoms with Crippen LogP contribution in [0.3, 0.4) is 0 Å². The summed E-state index contributed by atoms with van der Waals surface area (Å²) >= 11 is 0. The van der Waals surface area contributed by atoms with E-state index in [1.165, 1.54) is 57.8 Å². The SMILES string of the molecule is CN(C)C1(C(O)CC2CCC2)CCCCCC1. The first-order valence-corrected chi connectivity index (χ1v) is 7.51. The quantitative estimate of drug-likeness (QED) is 0.762. The van der Waals surface area contributed by atoms with Gasteiger partial charge in [-0.25, -0.2) is 0 Å². The van der Waals surface area contributed by atoms with Gasteiger partial charge in [0.2, 0.25) is 0 Å². The van der Waals surface area contributed by atoms with E-state index in [9.17, 15) is 5.11 Å². The van der Waals surface area contributed by atoms with Gasteiger partial charge in [0.25, 0.3) is 0 Å². The van der Waals surface area contributed by atoms with Crippen molar-refractivity contribution in [2.45, 2.75) is 75.9 Å². The van der Waals surface area contributed by atoms with Crippen LogP contribution in [0.5, 0.6) is 0 Å². The van der Waals surface area contributed by atoms with Crippen LogP contribution < -0.4 is 0 Å². The standard InChI is InChI=1S/C15H29NO/c1-16(2)15(10-5-3-4-6-11-15)14(17)12-13-8-7-9-13/h13-14,17H,3-12H2,1-2H3. The third kappa shape index (κ3) is 2.85. The molecule has 0 spiro atoms. The lowest BCUT2D eigenvalue weighted by molar-refractivity contribution is -0.0365. The predicted molar refractivity (Wildman–Crippen MR) is 72.1 cm³/mol. The van der Waals surface area contributed by atoms with Gasteiger partial charge in [-0.3, -0.25) is 0 Å². The number of aliphatic hydroxyl groups excluding tert-OH is 1. The smallest absolute Gasteiger partial charge is 0.0726 e. The number of likely N-dealkylation sites (N-methyl/N-ethyl adjacent to an activating group) is 1. The Bertz CT molecular complexity index is 227. The third-order valence-corrected chi connectivity index (χ3v) is 5.26. The maximum atomic E-state index is 10.7.